The second-order valence-corrected chi connectivity index (χ2v) is 6.97. The summed E-state index contributed by atoms with van der Waals surface area (Å²) in [6, 6.07) is 7.02. The summed E-state index contributed by atoms with van der Waals surface area (Å²) in [5, 5.41) is 10.2. The Morgan fingerprint density at radius 1 is 1.12 bits per heavy atom. The van der Waals surface area contributed by atoms with Crippen LogP contribution in [0.15, 0.2) is 24.3 Å². The van der Waals surface area contributed by atoms with Gasteiger partial charge in [-0.1, -0.05) is 19.3 Å². The number of hydrogen-bond acceptors (Lipinski definition) is 5. The van der Waals surface area contributed by atoms with Gasteiger partial charge in [0.15, 0.2) is 0 Å². The molecule has 1 aromatic carbocycles. The van der Waals surface area contributed by atoms with Crippen molar-refractivity contribution in [1.82, 2.24) is 4.90 Å². The van der Waals surface area contributed by atoms with Gasteiger partial charge in [0.05, 0.1) is 19.1 Å². The maximum atomic E-state index is 12.7. The summed E-state index contributed by atoms with van der Waals surface area (Å²) in [4.78, 5) is 26.2. The van der Waals surface area contributed by atoms with Gasteiger partial charge >= 0.3 is 0 Å². The smallest absolute Gasteiger partial charge is 0.235 e. The second kappa shape index (κ2) is 7.44. The van der Waals surface area contributed by atoms with Gasteiger partial charge in [-0.05, 0) is 37.1 Å². The number of carbonyl (C=O) groups excluding carboxylic acids is 2. The fourth-order valence-electron chi connectivity index (χ4n) is 3.79. The van der Waals surface area contributed by atoms with E-state index in [1.807, 2.05) is 0 Å². The number of β-amino-alcohol motifs (C(OH)–C–C–N with tert-alkyl or cyclic N) is 1. The highest BCUT2D eigenvalue weighted by Crippen LogP contribution is 2.45. The van der Waals surface area contributed by atoms with E-state index in [9.17, 15) is 14.7 Å². The third kappa shape index (κ3) is 3.79. The zero-order valence-electron chi connectivity index (χ0n) is 14.6. The molecule has 6 heteroatoms. The summed E-state index contributed by atoms with van der Waals surface area (Å²) in [7, 11) is 1.59. The molecule has 1 unspecified atom stereocenters. The van der Waals surface area contributed by atoms with Gasteiger partial charge in [-0.15, -0.1) is 0 Å². The van der Waals surface area contributed by atoms with Crippen LogP contribution in [-0.4, -0.2) is 48.2 Å². The van der Waals surface area contributed by atoms with Crippen molar-refractivity contribution in [3.05, 3.63) is 24.3 Å². The van der Waals surface area contributed by atoms with Gasteiger partial charge in [0.1, 0.15) is 24.2 Å². The Labute approximate surface area is 147 Å². The highest BCUT2D eigenvalue weighted by molar-refractivity contribution is 6.05. The number of rotatable bonds is 6. The van der Waals surface area contributed by atoms with Crippen LogP contribution < -0.4 is 9.47 Å². The molecule has 1 saturated carbocycles. The maximum Gasteiger partial charge on any atom is 0.235 e. The van der Waals surface area contributed by atoms with Crippen LogP contribution in [0.25, 0.3) is 0 Å². The predicted octanol–water partition coefficient (Wildman–Crippen LogP) is 2.14. The zero-order chi connectivity index (χ0) is 17.9. The first kappa shape index (κ1) is 17.7. The van der Waals surface area contributed by atoms with Gasteiger partial charge in [-0.3, -0.25) is 14.5 Å². The number of methoxy groups -OCH3 is 1. The lowest BCUT2D eigenvalue weighted by atomic mass is 9.73. The van der Waals surface area contributed by atoms with E-state index in [1.54, 1.807) is 31.4 Å². The van der Waals surface area contributed by atoms with Gasteiger partial charge in [-0.2, -0.15) is 0 Å². The Hall–Kier alpha value is -2.08. The van der Waals surface area contributed by atoms with Crippen LogP contribution in [0.1, 0.15) is 38.5 Å². The van der Waals surface area contributed by atoms with Crippen molar-refractivity contribution in [3.8, 4) is 11.5 Å². The van der Waals surface area contributed by atoms with Crippen LogP contribution in [0.4, 0.5) is 0 Å². The molecule has 3 rings (SSSR count). The number of benzene rings is 1. The molecule has 25 heavy (non-hydrogen) atoms. The van der Waals surface area contributed by atoms with E-state index in [4.69, 9.17) is 9.47 Å². The molecule has 1 aromatic rings. The number of nitrogens with zero attached hydrogens (tertiary/aromatic N) is 1. The first-order valence-corrected chi connectivity index (χ1v) is 8.84. The second-order valence-electron chi connectivity index (χ2n) is 6.97. The fraction of sp³-hybridized carbons (Fsp3) is 0.579. The van der Waals surface area contributed by atoms with E-state index in [0.29, 0.717) is 5.75 Å². The molecule has 136 valence electrons. The third-order valence-corrected chi connectivity index (χ3v) is 5.20. The Bertz CT molecular complexity index is 621. The van der Waals surface area contributed by atoms with Crippen molar-refractivity contribution in [1.29, 1.82) is 0 Å². The highest BCUT2D eigenvalue weighted by Gasteiger charge is 2.51. The maximum absolute atomic E-state index is 12.7. The molecular weight excluding hydrogens is 322 g/mol. The van der Waals surface area contributed by atoms with Gasteiger partial charge in [-0.25, -0.2) is 0 Å². The van der Waals surface area contributed by atoms with Crippen molar-refractivity contribution < 1.29 is 24.2 Å². The number of likely N-dealkylation sites (tertiary alicyclic amines) is 1. The third-order valence-electron chi connectivity index (χ3n) is 5.20. The molecule has 1 aliphatic carbocycles. The van der Waals surface area contributed by atoms with E-state index >= 15 is 0 Å². The molecule has 6 nitrogen and oxygen atoms in total. The average molecular weight is 347 g/mol. The van der Waals surface area contributed by atoms with E-state index < -0.39 is 11.5 Å². The molecule has 2 fully saturated rings. The molecule has 0 radical (unpaired) electrons. The van der Waals surface area contributed by atoms with Gasteiger partial charge < -0.3 is 14.6 Å². The van der Waals surface area contributed by atoms with Crippen molar-refractivity contribution in [2.75, 3.05) is 20.3 Å². The number of aliphatic hydroxyl groups excluding tert-OH is 1. The van der Waals surface area contributed by atoms with Crippen LogP contribution in [-0.2, 0) is 9.59 Å². The van der Waals surface area contributed by atoms with Gasteiger partial charge in [0, 0.05) is 6.42 Å². The van der Waals surface area contributed by atoms with Crippen molar-refractivity contribution in [2.24, 2.45) is 5.41 Å². The van der Waals surface area contributed by atoms with Crippen molar-refractivity contribution in [2.45, 2.75) is 44.6 Å². The summed E-state index contributed by atoms with van der Waals surface area (Å²) in [6.07, 6.45) is 4.07. The van der Waals surface area contributed by atoms with Crippen LogP contribution in [0.2, 0.25) is 0 Å². The molecule has 1 aliphatic heterocycles. The number of carbonyl (C=O) groups is 2. The van der Waals surface area contributed by atoms with Crippen LogP contribution >= 0.6 is 0 Å². The number of imide groups is 1. The summed E-state index contributed by atoms with van der Waals surface area (Å²) in [5.41, 5.74) is -0.508. The molecule has 2 aliphatic rings. The zero-order valence-corrected chi connectivity index (χ0v) is 14.6. The van der Waals surface area contributed by atoms with E-state index in [-0.39, 0.29) is 31.4 Å². The van der Waals surface area contributed by atoms with Crippen LogP contribution in [0.3, 0.4) is 0 Å². The number of ether oxygens (including phenoxy) is 2. The monoisotopic (exact) mass is 347 g/mol. The standard InChI is InChI=1S/C19H25NO5/c1-24-15-5-7-16(8-6-15)25-13-14(21)12-20-17(22)11-19(18(20)23)9-3-2-4-10-19/h5-8,14,21H,2-4,9-13H2,1H3. The predicted molar refractivity (Wildman–Crippen MR) is 91.4 cm³/mol. The van der Waals surface area contributed by atoms with E-state index in [1.165, 1.54) is 4.90 Å². The minimum atomic E-state index is -0.909. The summed E-state index contributed by atoms with van der Waals surface area (Å²) < 4.78 is 10.6. The summed E-state index contributed by atoms with van der Waals surface area (Å²) in [6.45, 7) is 0.0198. The Morgan fingerprint density at radius 2 is 1.76 bits per heavy atom. The number of hydrogen-bond donors (Lipinski definition) is 1. The fourth-order valence-corrected chi connectivity index (χ4v) is 3.79. The van der Waals surface area contributed by atoms with Crippen molar-refractivity contribution >= 4 is 11.8 Å². The SMILES string of the molecule is COc1ccc(OCC(O)CN2C(=O)CC3(CCCCC3)C2=O)cc1. The van der Waals surface area contributed by atoms with Gasteiger partial charge in [0.2, 0.25) is 11.8 Å². The number of aliphatic hydroxyl groups is 1. The minimum Gasteiger partial charge on any atom is -0.497 e. The molecule has 1 heterocycles. The van der Waals surface area contributed by atoms with Gasteiger partial charge in [0.25, 0.3) is 0 Å². The molecule has 1 atom stereocenters. The van der Waals surface area contributed by atoms with Crippen molar-refractivity contribution in [3.63, 3.8) is 0 Å². The largest absolute Gasteiger partial charge is 0.497 e. The minimum absolute atomic E-state index is 0.00439. The molecule has 2 amide bonds. The Morgan fingerprint density at radius 3 is 2.40 bits per heavy atom. The molecule has 1 saturated heterocycles. The molecule has 1 N–H and O–H groups in total. The summed E-state index contributed by atoms with van der Waals surface area (Å²) in [5.74, 6) is 1.04. The lowest BCUT2D eigenvalue weighted by Crippen LogP contribution is -2.42. The lowest BCUT2D eigenvalue weighted by molar-refractivity contribution is -0.144. The van der Waals surface area contributed by atoms with E-state index in [0.717, 1.165) is 37.9 Å². The molecule has 0 aromatic heterocycles. The van der Waals surface area contributed by atoms with Crippen LogP contribution in [0, 0.1) is 5.41 Å². The average Bonchev–Trinajstić information content (AvgIpc) is 2.85. The quantitative estimate of drug-likeness (QED) is 0.798. The van der Waals surface area contributed by atoms with E-state index in [2.05, 4.69) is 0 Å². The number of amides is 2. The summed E-state index contributed by atoms with van der Waals surface area (Å²) >= 11 is 0. The molecular formula is C19H25NO5. The first-order valence-electron chi connectivity index (χ1n) is 8.84. The van der Waals surface area contributed by atoms with Crippen LogP contribution in [0.5, 0.6) is 11.5 Å². The Balaban J connectivity index is 1.54. The topological polar surface area (TPSA) is 76.1 Å². The molecule has 0 bridgehead atoms. The Kier molecular flexibility index (Phi) is 5.27. The molecule has 1 spiro atoms. The lowest BCUT2D eigenvalue weighted by Gasteiger charge is -2.30. The normalized spacial score (nSPS) is 20.8. The highest BCUT2D eigenvalue weighted by atomic mass is 16.5. The first-order chi connectivity index (χ1) is 12.0.